The van der Waals surface area contributed by atoms with E-state index in [0.29, 0.717) is 12.5 Å². The van der Waals surface area contributed by atoms with Gasteiger partial charge in [0, 0.05) is 5.92 Å². The first kappa shape index (κ1) is 16.3. The first-order chi connectivity index (χ1) is 11.8. The summed E-state index contributed by atoms with van der Waals surface area (Å²) in [6, 6.07) is 0. The molecule has 1 aliphatic heterocycles. The fourth-order valence-corrected chi connectivity index (χ4v) is 7.90. The molecule has 7 atom stereocenters. The van der Waals surface area contributed by atoms with Gasteiger partial charge in [-0.15, -0.1) is 0 Å². The Kier molecular flexibility index (Phi) is 3.06. The summed E-state index contributed by atoms with van der Waals surface area (Å²) >= 11 is 0. The maximum Gasteiger partial charge on any atom is 0.311 e. The van der Waals surface area contributed by atoms with Crippen molar-refractivity contribution in [3.63, 3.8) is 0 Å². The number of methoxy groups -OCH3 is 1. The van der Waals surface area contributed by atoms with Crippen LogP contribution >= 0.6 is 0 Å². The van der Waals surface area contributed by atoms with E-state index in [1.807, 2.05) is 0 Å². The van der Waals surface area contributed by atoms with Crippen molar-refractivity contribution in [1.82, 2.24) is 0 Å². The topological polar surface area (TPSA) is 55.8 Å². The van der Waals surface area contributed by atoms with Gasteiger partial charge in [-0.2, -0.15) is 0 Å². The average Bonchev–Trinajstić information content (AvgIpc) is 2.99. The summed E-state index contributed by atoms with van der Waals surface area (Å²) in [4.78, 5) is 12.7. The van der Waals surface area contributed by atoms with E-state index in [1.165, 1.54) is 12.7 Å². The van der Waals surface area contributed by atoms with E-state index in [9.17, 15) is 9.90 Å². The zero-order valence-corrected chi connectivity index (χ0v) is 15.6. The Morgan fingerprint density at radius 3 is 2.88 bits per heavy atom. The van der Waals surface area contributed by atoms with E-state index < -0.39 is 11.0 Å². The summed E-state index contributed by atoms with van der Waals surface area (Å²) < 4.78 is 11.2. The van der Waals surface area contributed by atoms with Crippen molar-refractivity contribution in [2.24, 2.45) is 28.1 Å². The Balaban J connectivity index is 1.61. The number of aliphatic hydroxyl groups is 1. The molecule has 1 N–H and O–H groups in total. The van der Waals surface area contributed by atoms with Crippen LogP contribution in [0.2, 0.25) is 0 Å². The fourth-order valence-electron chi connectivity index (χ4n) is 7.90. The molecular weight excluding hydrogens is 316 g/mol. The molecule has 4 aliphatic carbocycles. The number of hydrogen-bond acceptors (Lipinski definition) is 4. The smallest absolute Gasteiger partial charge is 0.311 e. The zero-order valence-electron chi connectivity index (χ0n) is 15.6. The van der Waals surface area contributed by atoms with Crippen LogP contribution < -0.4 is 0 Å². The third-order valence-corrected chi connectivity index (χ3v) is 8.88. The maximum absolute atomic E-state index is 12.7. The highest BCUT2D eigenvalue weighted by Gasteiger charge is 2.69. The number of fused-ring (bicyclic) bond motifs is 2. The third kappa shape index (κ3) is 1.78. The lowest BCUT2D eigenvalue weighted by Gasteiger charge is -2.60. The lowest BCUT2D eigenvalue weighted by molar-refractivity contribution is -0.165. The molecule has 138 valence electrons. The van der Waals surface area contributed by atoms with Crippen LogP contribution in [0.1, 0.15) is 58.8 Å². The number of rotatable bonds is 1. The second-order valence-corrected chi connectivity index (χ2v) is 10.00. The van der Waals surface area contributed by atoms with Crippen molar-refractivity contribution in [2.45, 2.75) is 70.5 Å². The summed E-state index contributed by atoms with van der Waals surface area (Å²) in [5, 5.41) is 11.1. The molecule has 0 radical (unpaired) electrons. The number of carbonyl (C=O) groups excluding carboxylic acids is 1. The molecule has 0 aromatic carbocycles. The molecule has 25 heavy (non-hydrogen) atoms. The molecule has 1 spiro atoms. The van der Waals surface area contributed by atoms with Crippen molar-refractivity contribution in [2.75, 3.05) is 13.7 Å². The second-order valence-electron chi connectivity index (χ2n) is 10.00. The van der Waals surface area contributed by atoms with Crippen LogP contribution in [0.4, 0.5) is 0 Å². The third-order valence-electron chi connectivity index (χ3n) is 8.88. The molecule has 4 heteroatoms. The van der Waals surface area contributed by atoms with Gasteiger partial charge in [-0.1, -0.05) is 25.0 Å². The van der Waals surface area contributed by atoms with Crippen LogP contribution in [-0.2, 0) is 14.3 Å². The second kappa shape index (κ2) is 4.69. The Morgan fingerprint density at radius 1 is 1.32 bits per heavy atom. The summed E-state index contributed by atoms with van der Waals surface area (Å²) in [6.45, 7) is 4.99. The van der Waals surface area contributed by atoms with Crippen molar-refractivity contribution in [3.8, 4) is 0 Å². The molecule has 2 bridgehead atoms. The average molecular weight is 346 g/mol. The minimum atomic E-state index is -0.633. The summed E-state index contributed by atoms with van der Waals surface area (Å²) in [7, 11) is 1.52. The quantitative estimate of drug-likeness (QED) is 0.585. The molecule has 0 aromatic rings. The lowest BCUT2D eigenvalue weighted by Crippen LogP contribution is -2.55. The van der Waals surface area contributed by atoms with Gasteiger partial charge >= 0.3 is 5.97 Å². The molecule has 7 unspecified atom stereocenters. The standard InChI is InChI=1S/C21H30O4/c1-18-6-4-7-19(2,17(22)24-3)15(18)5-8-20-10-13-14(9-16(18)20)25-12-21(13,23)11-20/h9,13-15,23H,4-8,10-12H2,1-3H3. The normalized spacial score (nSPS) is 56.0. The SMILES string of the molecule is COC(=O)C1(C)CCCC2(C)C3=CC4OCC5(O)CC3(CCC12)CC45. The van der Waals surface area contributed by atoms with Gasteiger partial charge in [0.15, 0.2) is 0 Å². The summed E-state index contributed by atoms with van der Waals surface area (Å²) in [5.74, 6) is 0.548. The van der Waals surface area contributed by atoms with E-state index in [0.717, 1.165) is 44.9 Å². The highest BCUT2D eigenvalue weighted by atomic mass is 16.5. The molecule has 3 saturated carbocycles. The van der Waals surface area contributed by atoms with E-state index in [4.69, 9.17) is 9.47 Å². The van der Waals surface area contributed by atoms with Gasteiger partial charge in [0.05, 0.1) is 30.8 Å². The molecule has 1 saturated heterocycles. The van der Waals surface area contributed by atoms with Crippen molar-refractivity contribution < 1.29 is 19.4 Å². The van der Waals surface area contributed by atoms with Gasteiger partial charge < -0.3 is 14.6 Å². The monoisotopic (exact) mass is 346 g/mol. The van der Waals surface area contributed by atoms with Crippen LogP contribution in [0.25, 0.3) is 0 Å². The lowest BCUT2D eigenvalue weighted by atomic mass is 9.44. The molecule has 4 fully saturated rings. The molecular formula is C21H30O4. The van der Waals surface area contributed by atoms with Crippen LogP contribution in [-0.4, -0.2) is 36.5 Å². The Hall–Kier alpha value is -0.870. The number of hydrogen-bond donors (Lipinski definition) is 1. The maximum atomic E-state index is 12.7. The molecule has 4 nitrogen and oxygen atoms in total. The van der Waals surface area contributed by atoms with Gasteiger partial charge in [0.2, 0.25) is 0 Å². The summed E-state index contributed by atoms with van der Waals surface area (Å²) in [5.41, 5.74) is 0.638. The first-order valence-electron chi connectivity index (χ1n) is 9.93. The van der Waals surface area contributed by atoms with Gasteiger partial charge in [0.1, 0.15) is 0 Å². The number of ether oxygens (including phenoxy) is 2. The fraction of sp³-hybridized carbons (Fsp3) is 0.857. The van der Waals surface area contributed by atoms with Crippen LogP contribution in [0.5, 0.6) is 0 Å². The van der Waals surface area contributed by atoms with Crippen molar-refractivity contribution in [1.29, 1.82) is 0 Å². The van der Waals surface area contributed by atoms with Crippen molar-refractivity contribution in [3.05, 3.63) is 11.6 Å². The molecule has 1 heterocycles. The largest absolute Gasteiger partial charge is 0.469 e. The van der Waals surface area contributed by atoms with E-state index >= 15 is 0 Å². The zero-order chi connectivity index (χ0) is 17.7. The molecule has 0 amide bonds. The van der Waals surface area contributed by atoms with Gasteiger partial charge in [-0.05, 0) is 62.2 Å². The minimum Gasteiger partial charge on any atom is -0.469 e. The number of allylic oxidation sites excluding steroid dienone is 1. The molecule has 0 aromatic heterocycles. The van der Waals surface area contributed by atoms with Gasteiger partial charge in [-0.25, -0.2) is 0 Å². The highest BCUT2D eigenvalue weighted by molar-refractivity contribution is 5.77. The summed E-state index contributed by atoms with van der Waals surface area (Å²) in [6.07, 6.45) is 9.63. The van der Waals surface area contributed by atoms with E-state index in [1.54, 1.807) is 0 Å². The van der Waals surface area contributed by atoms with Crippen LogP contribution in [0.3, 0.4) is 0 Å². The van der Waals surface area contributed by atoms with Gasteiger partial charge in [0.25, 0.3) is 0 Å². The van der Waals surface area contributed by atoms with Crippen LogP contribution in [0.15, 0.2) is 11.6 Å². The minimum absolute atomic E-state index is 0.0224. The van der Waals surface area contributed by atoms with Crippen LogP contribution in [0, 0.1) is 28.1 Å². The molecule has 5 aliphatic rings. The van der Waals surface area contributed by atoms with Crippen molar-refractivity contribution >= 4 is 5.97 Å². The van der Waals surface area contributed by atoms with Gasteiger partial charge in [-0.3, -0.25) is 4.79 Å². The Morgan fingerprint density at radius 2 is 2.12 bits per heavy atom. The first-order valence-corrected chi connectivity index (χ1v) is 9.93. The number of carbonyl (C=O) groups is 1. The molecule has 5 rings (SSSR count). The highest BCUT2D eigenvalue weighted by Crippen LogP contribution is 2.72. The predicted octanol–water partition coefficient (Wildman–Crippen LogP) is 3.23. The van der Waals surface area contributed by atoms with E-state index in [-0.39, 0.29) is 28.8 Å². The Labute approximate surface area is 150 Å². The Bertz CT molecular complexity index is 671. The van der Waals surface area contributed by atoms with E-state index in [2.05, 4.69) is 19.9 Å². The predicted molar refractivity (Wildman–Crippen MR) is 92.7 cm³/mol. The number of esters is 1.